The summed E-state index contributed by atoms with van der Waals surface area (Å²) in [7, 11) is 3.41. The molecule has 0 aliphatic heterocycles. The zero-order chi connectivity index (χ0) is 42.5. The van der Waals surface area contributed by atoms with Gasteiger partial charge in [0.2, 0.25) is 35.6 Å². The first-order valence-corrected chi connectivity index (χ1v) is 20.4. The molecule has 2 aromatic carbocycles. The van der Waals surface area contributed by atoms with Crippen molar-refractivity contribution in [3.8, 4) is 0 Å². The molecule has 2 aromatic heterocycles. The Bertz CT molecular complexity index is 2160. The minimum absolute atomic E-state index is 0.0588. The number of carbonyl (C=O) groups excluding carboxylic acids is 2. The van der Waals surface area contributed by atoms with Gasteiger partial charge in [-0.25, -0.2) is 0 Å². The van der Waals surface area contributed by atoms with Crippen LogP contribution in [0.15, 0.2) is 36.4 Å². The van der Waals surface area contributed by atoms with E-state index in [0.717, 1.165) is 6.07 Å². The Kier molecular flexibility index (Phi) is 13.6. The van der Waals surface area contributed by atoms with Gasteiger partial charge in [0.1, 0.15) is 11.6 Å². The van der Waals surface area contributed by atoms with Crippen LogP contribution in [0.3, 0.4) is 0 Å². The summed E-state index contributed by atoms with van der Waals surface area (Å²) in [6, 6.07) is 8.09. The molecule has 59 heavy (non-hydrogen) atoms. The molecular weight excluding hydrogens is 832 g/mol. The highest BCUT2D eigenvalue weighted by molar-refractivity contribution is 6.35. The van der Waals surface area contributed by atoms with Gasteiger partial charge in [-0.3, -0.25) is 9.59 Å². The molecule has 0 spiro atoms. The van der Waals surface area contributed by atoms with Crippen molar-refractivity contribution in [1.29, 1.82) is 0 Å². The number of nitrogens with zero attached hydrogens (tertiary/aromatic N) is 6. The van der Waals surface area contributed by atoms with Gasteiger partial charge in [0.15, 0.2) is 0 Å². The maximum Gasteiger partial charge on any atom is 0.416 e. The van der Waals surface area contributed by atoms with Crippen molar-refractivity contribution in [3.63, 3.8) is 0 Å². The summed E-state index contributed by atoms with van der Waals surface area (Å²) in [4.78, 5) is 56.3. The summed E-state index contributed by atoms with van der Waals surface area (Å²) in [5.74, 6) is 1.68. The molecule has 2 fully saturated rings. The SMILES string of the molecule is CNc1nc(C)nc(NC2CCC(C(=O)NCc3ccc(Cl)cc3Cl)(C3(C(=O)NCc4ccc(Cl)cc4C(F)(F)F)CCC(Nc4nc(C)nc(NC)n4)CC3)CC2)n1. The van der Waals surface area contributed by atoms with Crippen molar-refractivity contribution >= 4 is 70.4 Å². The number of halogens is 6. The first kappa shape index (κ1) is 43.8. The zero-order valence-electron chi connectivity index (χ0n) is 33.0. The minimum Gasteiger partial charge on any atom is -0.357 e. The fourth-order valence-corrected chi connectivity index (χ4v) is 9.01. The maximum atomic E-state index is 15.0. The van der Waals surface area contributed by atoms with E-state index in [1.54, 1.807) is 46.1 Å². The third-order valence-electron chi connectivity index (χ3n) is 11.3. The van der Waals surface area contributed by atoms with Gasteiger partial charge in [0, 0.05) is 54.3 Å². The smallest absolute Gasteiger partial charge is 0.357 e. The predicted molar refractivity (Wildman–Crippen MR) is 221 cm³/mol. The van der Waals surface area contributed by atoms with Crippen LogP contribution >= 0.6 is 34.8 Å². The summed E-state index contributed by atoms with van der Waals surface area (Å²) < 4.78 is 42.5. The number of carbonyl (C=O) groups is 2. The molecule has 0 radical (unpaired) electrons. The summed E-state index contributed by atoms with van der Waals surface area (Å²) in [6.07, 6.45) is -1.94. The van der Waals surface area contributed by atoms with Crippen LogP contribution in [0.1, 0.15) is 79.7 Å². The van der Waals surface area contributed by atoms with Gasteiger partial charge in [0.25, 0.3) is 0 Å². The lowest BCUT2D eigenvalue weighted by atomic mass is 9.50. The molecule has 316 valence electrons. The van der Waals surface area contributed by atoms with Crippen molar-refractivity contribution in [1.82, 2.24) is 40.5 Å². The monoisotopic (exact) mass is 876 g/mol. The number of anilines is 4. The second-order valence-electron chi connectivity index (χ2n) is 15.0. The molecule has 2 saturated carbocycles. The highest BCUT2D eigenvalue weighted by atomic mass is 35.5. The number of nitrogens with one attached hydrogen (secondary N) is 6. The number of alkyl halides is 3. The molecule has 4 aromatic rings. The lowest BCUT2D eigenvalue weighted by Gasteiger charge is -2.54. The molecule has 0 atom stereocenters. The Morgan fingerprint density at radius 3 is 1.47 bits per heavy atom. The van der Waals surface area contributed by atoms with Gasteiger partial charge >= 0.3 is 6.18 Å². The lowest BCUT2D eigenvalue weighted by molar-refractivity contribution is -0.161. The van der Waals surface area contributed by atoms with Crippen molar-refractivity contribution in [2.24, 2.45) is 10.8 Å². The van der Waals surface area contributed by atoms with Gasteiger partial charge in [-0.15, -0.1) is 0 Å². The average molecular weight is 878 g/mol. The highest BCUT2D eigenvalue weighted by Crippen LogP contribution is 2.58. The van der Waals surface area contributed by atoms with Crippen LogP contribution in [0.4, 0.5) is 37.0 Å². The molecule has 0 bridgehead atoms. The molecular formula is C39H46Cl3F3N12O2. The topological polar surface area (TPSA) is 184 Å². The highest BCUT2D eigenvalue weighted by Gasteiger charge is 2.61. The van der Waals surface area contributed by atoms with Crippen LogP contribution in [0, 0.1) is 24.7 Å². The Morgan fingerprint density at radius 1 is 0.644 bits per heavy atom. The molecule has 0 unspecified atom stereocenters. The van der Waals surface area contributed by atoms with Gasteiger partial charge in [-0.05, 0) is 101 Å². The molecule has 14 nitrogen and oxygen atoms in total. The number of rotatable bonds is 13. The van der Waals surface area contributed by atoms with Gasteiger partial charge in [-0.2, -0.15) is 43.1 Å². The van der Waals surface area contributed by atoms with Crippen molar-refractivity contribution in [2.75, 3.05) is 35.4 Å². The number of benzene rings is 2. The van der Waals surface area contributed by atoms with Gasteiger partial charge in [-0.1, -0.05) is 46.9 Å². The van der Waals surface area contributed by atoms with Crippen LogP contribution in [-0.4, -0.2) is 67.9 Å². The molecule has 20 heteroatoms. The lowest BCUT2D eigenvalue weighted by Crippen LogP contribution is -2.62. The number of aryl methyl sites for hydroxylation is 2. The molecule has 2 aliphatic carbocycles. The zero-order valence-corrected chi connectivity index (χ0v) is 35.2. The Balaban J connectivity index is 1.35. The van der Waals surface area contributed by atoms with E-state index in [-0.39, 0.29) is 60.8 Å². The standard InChI is InChI=1S/C39H46Cl3F3N12O2/c1-21-50-33(46-3)56-35(52-21)54-27-9-13-37(14-10-27,31(58)48-19-23-5-7-25(40)17-29(23)39(43,44)45)38(32(59)49-20-24-6-8-26(41)18-30(24)42)15-11-28(12-16-38)55-36-53-22(2)51-34(47-4)57-36/h5-8,17-18,27-28H,9-16,19-20H2,1-4H3,(H,48,58)(H,49,59)(H2,46,50,52,54,56)(H2,47,51,53,55,57). The van der Waals surface area contributed by atoms with E-state index < -0.39 is 35.0 Å². The van der Waals surface area contributed by atoms with E-state index in [0.29, 0.717) is 76.7 Å². The number of amides is 2. The van der Waals surface area contributed by atoms with E-state index in [9.17, 15) is 13.2 Å². The minimum atomic E-state index is -4.71. The number of hydrogen-bond acceptors (Lipinski definition) is 12. The molecule has 2 aliphatic rings. The maximum absolute atomic E-state index is 15.0. The van der Waals surface area contributed by atoms with E-state index in [1.807, 2.05) is 0 Å². The molecule has 6 N–H and O–H groups in total. The van der Waals surface area contributed by atoms with Crippen LogP contribution < -0.4 is 31.9 Å². The molecule has 2 amide bonds. The first-order chi connectivity index (χ1) is 28.0. The van der Waals surface area contributed by atoms with Crippen molar-refractivity contribution < 1.29 is 22.8 Å². The quantitative estimate of drug-likeness (QED) is 0.0769. The third kappa shape index (κ3) is 10.0. The summed E-state index contributed by atoms with van der Waals surface area (Å²) in [5, 5.41) is 19.3. The summed E-state index contributed by atoms with van der Waals surface area (Å²) >= 11 is 18.6. The fraction of sp³-hybridized carbons (Fsp3) is 0.487. The molecule has 2 heterocycles. The van der Waals surface area contributed by atoms with Crippen LogP contribution in [0.25, 0.3) is 0 Å². The average Bonchev–Trinajstić information content (AvgIpc) is 3.19. The van der Waals surface area contributed by atoms with E-state index in [2.05, 4.69) is 61.8 Å². The van der Waals surface area contributed by atoms with Gasteiger partial charge < -0.3 is 31.9 Å². The fourth-order valence-electron chi connectivity index (χ4n) is 8.36. The van der Waals surface area contributed by atoms with Crippen molar-refractivity contribution in [2.45, 2.75) is 96.6 Å². The largest absolute Gasteiger partial charge is 0.416 e. The Hall–Kier alpha value is -4.74. The Labute approximate surface area is 355 Å². The first-order valence-electron chi connectivity index (χ1n) is 19.2. The molecule has 0 saturated heterocycles. The van der Waals surface area contributed by atoms with E-state index >= 15 is 9.59 Å². The normalized spacial score (nSPS) is 21.9. The van der Waals surface area contributed by atoms with E-state index in [1.165, 1.54) is 12.1 Å². The summed E-state index contributed by atoms with van der Waals surface area (Å²) in [5.41, 5.74) is -3.11. The Morgan fingerprint density at radius 2 is 1.05 bits per heavy atom. The van der Waals surface area contributed by atoms with Crippen LogP contribution in [0.5, 0.6) is 0 Å². The third-order valence-corrected chi connectivity index (χ3v) is 12.2. The second-order valence-corrected chi connectivity index (χ2v) is 16.2. The number of hydrogen-bond donors (Lipinski definition) is 6. The van der Waals surface area contributed by atoms with Crippen molar-refractivity contribution in [3.05, 3.63) is 79.8 Å². The summed E-state index contributed by atoms with van der Waals surface area (Å²) in [6.45, 7) is 3.14. The molecule has 6 rings (SSSR count). The second kappa shape index (κ2) is 18.3. The van der Waals surface area contributed by atoms with Crippen LogP contribution in [-0.2, 0) is 28.9 Å². The van der Waals surface area contributed by atoms with Crippen LogP contribution in [0.2, 0.25) is 15.1 Å². The van der Waals surface area contributed by atoms with Gasteiger partial charge in [0.05, 0.1) is 16.4 Å². The number of aromatic nitrogens is 6. The van der Waals surface area contributed by atoms with E-state index in [4.69, 9.17) is 34.8 Å². The predicted octanol–water partition coefficient (Wildman–Crippen LogP) is 7.75.